The summed E-state index contributed by atoms with van der Waals surface area (Å²) >= 11 is 0. The van der Waals surface area contributed by atoms with Crippen molar-refractivity contribution in [3.8, 4) is 0 Å². The van der Waals surface area contributed by atoms with E-state index in [0.29, 0.717) is 0 Å². The van der Waals surface area contributed by atoms with E-state index in [-0.39, 0.29) is 12.6 Å². The van der Waals surface area contributed by atoms with Crippen LogP contribution in [0.5, 0.6) is 0 Å². The summed E-state index contributed by atoms with van der Waals surface area (Å²) in [4.78, 5) is 8.94. The maximum Gasteiger partial charge on any atom is 0.196 e. The molecule has 1 aromatic carbocycles. The molecule has 18 heavy (non-hydrogen) atoms. The highest BCUT2D eigenvalue weighted by Crippen LogP contribution is 2.10. The van der Waals surface area contributed by atoms with Crippen LogP contribution in [0.2, 0.25) is 0 Å². The number of rotatable bonds is 4. The third-order valence-electron chi connectivity index (χ3n) is 3.28. The second-order valence-electron chi connectivity index (χ2n) is 4.80. The summed E-state index contributed by atoms with van der Waals surface area (Å²) < 4.78 is 0. The first-order valence-corrected chi connectivity index (χ1v) is 6.35. The third kappa shape index (κ3) is 3.01. The predicted octanol–water partition coefficient (Wildman–Crippen LogP) is 0.823. The zero-order chi connectivity index (χ0) is 13.0. The van der Waals surface area contributed by atoms with Crippen molar-refractivity contribution in [1.29, 1.82) is 0 Å². The van der Waals surface area contributed by atoms with Gasteiger partial charge in [0.1, 0.15) is 0 Å². The van der Waals surface area contributed by atoms with Crippen molar-refractivity contribution >= 4 is 5.96 Å². The molecule has 1 fully saturated rings. The quantitative estimate of drug-likeness (QED) is 0.856. The summed E-state index contributed by atoms with van der Waals surface area (Å²) in [5.41, 5.74) is 1.21. The smallest absolute Gasteiger partial charge is 0.196 e. The van der Waals surface area contributed by atoms with E-state index in [4.69, 9.17) is 0 Å². The summed E-state index contributed by atoms with van der Waals surface area (Å²) in [6.07, 6.45) is 0.780. The first-order valence-electron chi connectivity index (χ1n) is 6.35. The summed E-state index contributed by atoms with van der Waals surface area (Å²) in [7, 11) is 4.08. The maximum atomic E-state index is 9.48. The molecule has 0 saturated carbocycles. The van der Waals surface area contributed by atoms with Crippen LogP contribution in [0.1, 0.15) is 5.56 Å². The molecular weight excluding hydrogens is 226 g/mol. The summed E-state index contributed by atoms with van der Waals surface area (Å²) in [6.45, 7) is 2.08. The normalized spacial score (nSPS) is 17.2. The number of likely N-dealkylation sites (N-methyl/N-ethyl adjacent to an activating group) is 2. The lowest BCUT2D eigenvalue weighted by atomic mass is 10.1. The van der Waals surface area contributed by atoms with E-state index in [9.17, 15) is 5.11 Å². The molecule has 1 saturated heterocycles. The van der Waals surface area contributed by atoms with Gasteiger partial charge in [-0.3, -0.25) is 0 Å². The second kappa shape index (κ2) is 5.87. The van der Waals surface area contributed by atoms with Crippen LogP contribution in [0.4, 0.5) is 0 Å². The van der Waals surface area contributed by atoms with Gasteiger partial charge in [-0.25, -0.2) is 4.99 Å². The Balaban J connectivity index is 2.07. The Labute approximate surface area is 109 Å². The van der Waals surface area contributed by atoms with Crippen molar-refractivity contribution < 1.29 is 5.11 Å². The van der Waals surface area contributed by atoms with Crippen LogP contribution < -0.4 is 0 Å². The molecule has 1 heterocycles. The van der Waals surface area contributed by atoms with Gasteiger partial charge in [-0.1, -0.05) is 30.3 Å². The maximum absolute atomic E-state index is 9.48. The van der Waals surface area contributed by atoms with Crippen LogP contribution in [0, 0.1) is 0 Å². The van der Waals surface area contributed by atoms with Gasteiger partial charge in [0.2, 0.25) is 0 Å². The molecule has 1 aromatic rings. The number of aliphatic imine (C=N–C) groups is 1. The van der Waals surface area contributed by atoms with Crippen molar-refractivity contribution in [3.05, 3.63) is 35.9 Å². The lowest BCUT2D eigenvalue weighted by Gasteiger charge is -2.19. The fourth-order valence-electron chi connectivity index (χ4n) is 2.19. The molecule has 0 unspecified atom stereocenters. The van der Waals surface area contributed by atoms with Crippen molar-refractivity contribution in [2.45, 2.75) is 12.5 Å². The van der Waals surface area contributed by atoms with Gasteiger partial charge in [0.05, 0.1) is 12.6 Å². The van der Waals surface area contributed by atoms with Crippen molar-refractivity contribution in [1.82, 2.24) is 9.80 Å². The molecule has 0 bridgehead atoms. The van der Waals surface area contributed by atoms with E-state index in [1.54, 1.807) is 0 Å². The lowest BCUT2D eigenvalue weighted by molar-refractivity contribution is 0.264. The molecule has 0 aromatic heterocycles. The molecule has 1 aliphatic rings. The highest BCUT2D eigenvalue weighted by molar-refractivity contribution is 5.81. The molecule has 1 atom stereocenters. The van der Waals surface area contributed by atoms with E-state index in [2.05, 4.69) is 26.9 Å². The van der Waals surface area contributed by atoms with E-state index in [1.807, 2.05) is 32.3 Å². The fraction of sp³-hybridized carbons (Fsp3) is 0.500. The number of aliphatic hydroxyl groups is 1. The van der Waals surface area contributed by atoms with Gasteiger partial charge in [-0.05, 0) is 12.0 Å². The van der Waals surface area contributed by atoms with Crippen molar-refractivity contribution in [2.75, 3.05) is 33.8 Å². The monoisotopic (exact) mass is 247 g/mol. The first kappa shape index (κ1) is 12.9. The van der Waals surface area contributed by atoms with E-state index < -0.39 is 0 Å². The third-order valence-corrected chi connectivity index (χ3v) is 3.28. The SMILES string of the molecule is CN1CCN(C)C1=N[C@H](CO)Cc1ccccc1. The highest BCUT2D eigenvalue weighted by Gasteiger charge is 2.21. The lowest BCUT2D eigenvalue weighted by Crippen LogP contribution is -2.31. The molecule has 4 heteroatoms. The Morgan fingerprint density at radius 2 is 1.78 bits per heavy atom. The topological polar surface area (TPSA) is 39.1 Å². The molecule has 98 valence electrons. The molecule has 1 aliphatic heterocycles. The number of guanidine groups is 1. The summed E-state index contributed by atoms with van der Waals surface area (Å²) in [5, 5.41) is 9.48. The van der Waals surface area contributed by atoms with Crippen LogP contribution in [-0.2, 0) is 6.42 Å². The Hall–Kier alpha value is -1.55. The molecular formula is C14H21N3O. The van der Waals surface area contributed by atoms with Crippen LogP contribution in [0.3, 0.4) is 0 Å². The summed E-state index contributed by atoms with van der Waals surface area (Å²) in [6, 6.07) is 10.1. The molecule has 0 radical (unpaired) electrons. The van der Waals surface area contributed by atoms with Crippen LogP contribution in [0.15, 0.2) is 35.3 Å². The molecule has 0 aliphatic carbocycles. The van der Waals surface area contributed by atoms with Gasteiger partial charge in [-0.2, -0.15) is 0 Å². The number of hydrogen-bond acceptors (Lipinski definition) is 2. The Kier molecular flexibility index (Phi) is 4.20. The minimum absolute atomic E-state index is 0.0644. The average Bonchev–Trinajstić information content (AvgIpc) is 2.70. The highest BCUT2D eigenvalue weighted by atomic mass is 16.3. The predicted molar refractivity (Wildman–Crippen MR) is 73.7 cm³/mol. The van der Waals surface area contributed by atoms with Crippen LogP contribution in [-0.4, -0.2) is 60.7 Å². The van der Waals surface area contributed by atoms with Gasteiger partial charge in [0.25, 0.3) is 0 Å². The molecule has 2 rings (SSSR count). The molecule has 4 nitrogen and oxygen atoms in total. The van der Waals surface area contributed by atoms with Gasteiger partial charge < -0.3 is 14.9 Å². The van der Waals surface area contributed by atoms with E-state index in [1.165, 1.54) is 5.56 Å². The Morgan fingerprint density at radius 1 is 1.17 bits per heavy atom. The standard InChI is InChI=1S/C14H21N3O/c1-16-8-9-17(2)14(16)15-13(11-18)10-12-6-4-3-5-7-12/h3-7,13,18H,8-11H2,1-2H3/t13-/m0/s1. The summed E-state index contributed by atoms with van der Waals surface area (Å²) in [5.74, 6) is 0.977. The number of aliphatic hydroxyl groups excluding tert-OH is 1. The number of benzene rings is 1. The molecule has 0 amide bonds. The van der Waals surface area contributed by atoms with Crippen molar-refractivity contribution in [3.63, 3.8) is 0 Å². The van der Waals surface area contributed by atoms with Crippen LogP contribution in [0.25, 0.3) is 0 Å². The van der Waals surface area contributed by atoms with Gasteiger partial charge >= 0.3 is 0 Å². The van der Waals surface area contributed by atoms with Gasteiger partial charge in [0, 0.05) is 27.2 Å². The van der Waals surface area contributed by atoms with Gasteiger partial charge in [0.15, 0.2) is 5.96 Å². The van der Waals surface area contributed by atoms with Gasteiger partial charge in [-0.15, -0.1) is 0 Å². The zero-order valence-corrected chi connectivity index (χ0v) is 11.1. The largest absolute Gasteiger partial charge is 0.394 e. The van der Waals surface area contributed by atoms with E-state index >= 15 is 0 Å². The molecule has 0 spiro atoms. The Morgan fingerprint density at radius 3 is 2.33 bits per heavy atom. The fourth-order valence-corrected chi connectivity index (χ4v) is 2.19. The first-order chi connectivity index (χ1) is 8.70. The Bertz CT molecular complexity index is 393. The van der Waals surface area contributed by atoms with Crippen LogP contribution >= 0.6 is 0 Å². The second-order valence-corrected chi connectivity index (χ2v) is 4.80. The van der Waals surface area contributed by atoms with E-state index in [0.717, 1.165) is 25.5 Å². The number of nitrogens with zero attached hydrogens (tertiary/aromatic N) is 3. The van der Waals surface area contributed by atoms with Crippen molar-refractivity contribution in [2.24, 2.45) is 4.99 Å². The molecule has 1 N–H and O–H groups in total. The minimum atomic E-state index is -0.0644. The average molecular weight is 247 g/mol. The minimum Gasteiger partial charge on any atom is -0.394 e. The zero-order valence-electron chi connectivity index (χ0n) is 11.1. The number of hydrogen-bond donors (Lipinski definition) is 1.